The number of hydrogen-bond donors (Lipinski definition) is 1. The highest BCUT2D eigenvalue weighted by Crippen LogP contribution is 2.40. The highest BCUT2D eigenvalue weighted by Gasteiger charge is 2.34. The summed E-state index contributed by atoms with van der Waals surface area (Å²) in [5.41, 5.74) is 3.30. The molecule has 1 unspecified atom stereocenters. The van der Waals surface area contributed by atoms with Gasteiger partial charge >= 0.3 is 0 Å². The van der Waals surface area contributed by atoms with Gasteiger partial charge in [-0.2, -0.15) is 5.10 Å². The molecule has 0 saturated heterocycles. The third kappa shape index (κ3) is 3.38. The van der Waals surface area contributed by atoms with Gasteiger partial charge in [0.2, 0.25) is 0 Å². The molecule has 1 N–H and O–H groups in total. The Balaban J connectivity index is 2.21. The summed E-state index contributed by atoms with van der Waals surface area (Å²) >= 11 is 0. The summed E-state index contributed by atoms with van der Waals surface area (Å²) < 4.78 is 2.25. The molecule has 3 heteroatoms. The smallest absolute Gasteiger partial charge is 0.0540 e. The number of rotatable bonds is 6. The molecular weight excluding hydrogens is 234 g/mol. The zero-order valence-electron chi connectivity index (χ0n) is 13.0. The van der Waals surface area contributed by atoms with Crippen molar-refractivity contribution < 1.29 is 0 Å². The molecule has 19 heavy (non-hydrogen) atoms. The number of aromatic nitrogens is 2. The maximum Gasteiger partial charge on any atom is 0.0540 e. The second kappa shape index (κ2) is 6.08. The first-order valence-electron chi connectivity index (χ1n) is 7.85. The van der Waals surface area contributed by atoms with Crippen LogP contribution in [-0.4, -0.2) is 16.3 Å². The Hall–Kier alpha value is -0.830. The number of fused-ring (bicyclic) bond motifs is 1. The summed E-state index contributed by atoms with van der Waals surface area (Å²) in [7, 11) is 0. The first-order valence-corrected chi connectivity index (χ1v) is 7.85. The minimum absolute atomic E-state index is 0.377. The van der Waals surface area contributed by atoms with Crippen LogP contribution in [0.4, 0.5) is 0 Å². The van der Waals surface area contributed by atoms with Crippen molar-refractivity contribution in [3.8, 4) is 0 Å². The van der Waals surface area contributed by atoms with Crippen molar-refractivity contribution in [2.75, 3.05) is 6.54 Å². The second-order valence-electron chi connectivity index (χ2n) is 6.68. The van der Waals surface area contributed by atoms with Crippen LogP contribution in [0.15, 0.2) is 6.20 Å². The van der Waals surface area contributed by atoms with Gasteiger partial charge < -0.3 is 5.32 Å². The number of nitrogens with zero attached hydrogens (tertiary/aromatic N) is 2. The van der Waals surface area contributed by atoms with Crippen LogP contribution in [0.1, 0.15) is 70.7 Å². The minimum atomic E-state index is 0.377. The average Bonchev–Trinajstić information content (AvgIpc) is 2.75. The van der Waals surface area contributed by atoms with Crippen LogP contribution >= 0.6 is 0 Å². The molecule has 0 aliphatic heterocycles. The summed E-state index contributed by atoms with van der Waals surface area (Å²) in [5, 5.41) is 8.34. The Bertz CT molecular complexity index is 406. The molecule has 1 atom stereocenters. The molecule has 0 amide bonds. The van der Waals surface area contributed by atoms with E-state index in [1.807, 2.05) is 0 Å². The van der Waals surface area contributed by atoms with Crippen LogP contribution in [0.3, 0.4) is 0 Å². The van der Waals surface area contributed by atoms with E-state index in [-0.39, 0.29) is 0 Å². The molecule has 0 saturated carbocycles. The molecule has 1 heterocycles. The summed E-state index contributed by atoms with van der Waals surface area (Å²) in [6.45, 7) is 11.4. The van der Waals surface area contributed by atoms with Crippen molar-refractivity contribution in [2.45, 2.75) is 72.4 Å². The van der Waals surface area contributed by atoms with E-state index in [1.165, 1.54) is 36.9 Å². The SMILES string of the molecule is CCCCn1ncc2c1CC(C)(C)CC2NCCC. The van der Waals surface area contributed by atoms with Crippen molar-refractivity contribution in [1.29, 1.82) is 0 Å². The van der Waals surface area contributed by atoms with Gasteiger partial charge in [-0.05, 0) is 37.6 Å². The highest BCUT2D eigenvalue weighted by molar-refractivity contribution is 5.27. The second-order valence-corrected chi connectivity index (χ2v) is 6.68. The fourth-order valence-corrected chi connectivity index (χ4v) is 3.10. The third-order valence-corrected chi connectivity index (χ3v) is 4.12. The van der Waals surface area contributed by atoms with Crippen LogP contribution in [0, 0.1) is 5.41 Å². The summed E-state index contributed by atoms with van der Waals surface area (Å²) in [6.07, 6.45) is 8.14. The number of hydrogen-bond acceptors (Lipinski definition) is 2. The van der Waals surface area contributed by atoms with E-state index in [1.54, 1.807) is 0 Å². The van der Waals surface area contributed by atoms with E-state index in [9.17, 15) is 0 Å². The van der Waals surface area contributed by atoms with Gasteiger partial charge in [0, 0.05) is 23.8 Å². The number of nitrogens with one attached hydrogen (secondary N) is 1. The largest absolute Gasteiger partial charge is 0.310 e. The van der Waals surface area contributed by atoms with Gasteiger partial charge in [0.1, 0.15) is 0 Å². The molecule has 1 aromatic heterocycles. The highest BCUT2D eigenvalue weighted by atomic mass is 15.3. The Morgan fingerprint density at radius 3 is 2.84 bits per heavy atom. The van der Waals surface area contributed by atoms with Gasteiger partial charge in [-0.1, -0.05) is 34.1 Å². The first kappa shape index (κ1) is 14.6. The molecule has 0 spiro atoms. The summed E-state index contributed by atoms with van der Waals surface area (Å²) in [6, 6.07) is 0.495. The fraction of sp³-hybridized carbons (Fsp3) is 0.812. The van der Waals surface area contributed by atoms with Crippen LogP contribution in [0.25, 0.3) is 0 Å². The van der Waals surface area contributed by atoms with E-state index < -0.39 is 0 Å². The monoisotopic (exact) mass is 263 g/mol. The molecule has 1 aromatic rings. The van der Waals surface area contributed by atoms with E-state index in [0.29, 0.717) is 11.5 Å². The molecule has 1 aliphatic rings. The molecule has 0 bridgehead atoms. The van der Waals surface area contributed by atoms with E-state index in [0.717, 1.165) is 19.5 Å². The molecular formula is C16H29N3. The zero-order chi connectivity index (χ0) is 13.9. The Kier molecular flexibility index (Phi) is 4.67. The standard InChI is InChI=1S/C16H29N3/c1-5-7-9-19-15-11-16(3,4)10-14(17-8-6-2)13(15)12-18-19/h12,14,17H,5-11H2,1-4H3. The summed E-state index contributed by atoms with van der Waals surface area (Å²) in [5.74, 6) is 0. The fourth-order valence-electron chi connectivity index (χ4n) is 3.10. The molecule has 0 aromatic carbocycles. The van der Waals surface area contributed by atoms with Crippen LogP contribution in [0.5, 0.6) is 0 Å². The lowest BCUT2D eigenvalue weighted by Gasteiger charge is -2.36. The van der Waals surface area contributed by atoms with Crippen molar-refractivity contribution in [3.05, 3.63) is 17.5 Å². The molecule has 0 radical (unpaired) electrons. The van der Waals surface area contributed by atoms with Crippen molar-refractivity contribution in [1.82, 2.24) is 15.1 Å². The van der Waals surface area contributed by atoms with Crippen molar-refractivity contribution in [2.24, 2.45) is 5.41 Å². The van der Waals surface area contributed by atoms with Gasteiger partial charge in [-0.3, -0.25) is 4.68 Å². The van der Waals surface area contributed by atoms with Gasteiger partial charge in [-0.25, -0.2) is 0 Å². The van der Waals surface area contributed by atoms with E-state index >= 15 is 0 Å². The van der Waals surface area contributed by atoms with Gasteiger partial charge in [0.15, 0.2) is 0 Å². The maximum absolute atomic E-state index is 4.64. The normalized spacial score (nSPS) is 21.4. The minimum Gasteiger partial charge on any atom is -0.310 e. The van der Waals surface area contributed by atoms with Gasteiger partial charge in [0.05, 0.1) is 6.20 Å². The maximum atomic E-state index is 4.64. The molecule has 2 rings (SSSR count). The first-order chi connectivity index (χ1) is 9.07. The van der Waals surface area contributed by atoms with Crippen LogP contribution in [-0.2, 0) is 13.0 Å². The van der Waals surface area contributed by atoms with Crippen LogP contribution < -0.4 is 5.32 Å². The number of unbranched alkanes of at least 4 members (excludes halogenated alkanes) is 1. The predicted octanol–water partition coefficient (Wildman–Crippen LogP) is 3.70. The Morgan fingerprint density at radius 1 is 1.37 bits per heavy atom. The average molecular weight is 263 g/mol. The molecule has 3 nitrogen and oxygen atoms in total. The van der Waals surface area contributed by atoms with Gasteiger partial charge in [-0.15, -0.1) is 0 Å². The zero-order valence-corrected chi connectivity index (χ0v) is 13.0. The van der Waals surface area contributed by atoms with Crippen molar-refractivity contribution >= 4 is 0 Å². The third-order valence-electron chi connectivity index (χ3n) is 4.12. The lowest BCUT2D eigenvalue weighted by molar-refractivity contribution is 0.250. The van der Waals surface area contributed by atoms with Gasteiger partial charge in [0.25, 0.3) is 0 Å². The lowest BCUT2D eigenvalue weighted by atomic mass is 9.74. The van der Waals surface area contributed by atoms with Crippen molar-refractivity contribution in [3.63, 3.8) is 0 Å². The topological polar surface area (TPSA) is 29.9 Å². The summed E-state index contributed by atoms with van der Waals surface area (Å²) in [4.78, 5) is 0. The quantitative estimate of drug-likeness (QED) is 0.848. The molecule has 0 fully saturated rings. The Morgan fingerprint density at radius 2 is 2.16 bits per heavy atom. The Labute approximate surface area is 117 Å². The lowest BCUT2D eigenvalue weighted by Crippen LogP contribution is -2.34. The van der Waals surface area contributed by atoms with E-state index in [2.05, 4.69) is 49.0 Å². The molecule has 108 valence electrons. The predicted molar refractivity (Wildman–Crippen MR) is 80.3 cm³/mol. The number of aryl methyl sites for hydroxylation is 1. The van der Waals surface area contributed by atoms with E-state index in [4.69, 9.17) is 0 Å². The molecule has 1 aliphatic carbocycles. The van der Waals surface area contributed by atoms with Crippen LogP contribution in [0.2, 0.25) is 0 Å².